The number of aryl methyl sites for hydroxylation is 2. The van der Waals surface area contributed by atoms with Gasteiger partial charge < -0.3 is 9.05 Å². The Morgan fingerprint density at radius 2 is 0.935 bits per heavy atom. The second kappa shape index (κ2) is 15.3. The smallest absolute Gasteiger partial charge is 0.275 e. The Hall–Kier alpha value is -1.53. The monoisotopic (exact) mass is 442 g/mol. The fourth-order valence-corrected chi connectivity index (χ4v) is 4.61. The second-order valence-electron chi connectivity index (χ2n) is 8.49. The van der Waals surface area contributed by atoms with Crippen molar-refractivity contribution in [3.63, 3.8) is 0 Å². The first-order valence-electron chi connectivity index (χ1n) is 12.5. The normalized spacial score (nSPS) is 11.0. The molecule has 0 atom stereocenters. The molecule has 0 saturated carbocycles. The van der Waals surface area contributed by atoms with Crippen LogP contribution in [0.5, 0.6) is 11.5 Å². The summed E-state index contributed by atoms with van der Waals surface area (Å²) in [5.74, 6) is 2.02. The van der Waals surface area contributed by atoms with Crippen molar-refractivity contribution in [3.8, 4) is 11.5 Å². The summed E-state index contributed by atoms with van der Waals surface area (Å²) in [7, 11) is -0.0125. The third-order valence-electron chi connectivity index (χ3n) is 5.92. The van der Waals surface area contributed by atoms with Crippen molar-refractivity contribution in [2.24, 2.45) is 0 Å². The summed E-state index contributed by atoms with van der Waals surface area (Å²) in [5.41, 5.74) is 5.67. The average molecular weight is 443 g/mol. The van der Waals surface area contributed by atoms with Crippen molar-refractivity contribution in [1.82, 2.24) is 0 Å². The third-order valence-corrected chi connectivity index (χ3v) is 6.53. The fourth-order valence-electron chi connectivity index (χ4n) is 4.00. The average Bonchev–Trinajstić information content (AvgIpc) is 2.79. The van der Waals surface area contributed by atoms with Gasteiger partial charge in [-0.3, -0.25) is 0 Å². The van der Waals surface area contributed by atoms with Crippen LogP contribution in [0.4, 0.5) is 0 Å². The number of unbranched alkanes of at least 4 members (excludes halogenated alkanes) is 4. The molecule has 0 aliphatic heterocycles. The van der Waals surface area contributed by atoms with Crippen LogP contribution >= 0.6 is 9.03 Å². The van der Waals surface area contributed by atoms with Gasteiger partial charge >= 0.3 is 0 Å². The first-order valence-corrected chi connectivity index (χ1v) is 13.4. The molecule has 0 radical (unpaired) electrons. The number of rotatable bonds is 16. The molecule has 172 valence electrons. The van der Waals surface area contributed by atoms with Crippen molar-refractivity contribution < 1.29 is 9.05 Å². The maximum atomic E-state index is 6.24. The highest BCUT2D eigenvalue weighted by molar-refractivity contribution is 7.27. The standard InChI is InChI=1S/C28H43O2P/c1-5-9-15-23-17-13-21-27(25(23)19-11-7-3)29-31-30-28-22-14-18-24(16-10-6-2)26(28)20-12-8-4/h13-14,17-18,21-22,31H,5-12,15-16,19-20H2,1-4H3. The van der Waals surface area contributed by atoms with Crippen LogP contribution in [0.2, 0.25) is 0 Å². The summed E-state index contributed by atoms with van der Waals surface area (Å²) in [6.45, 7) is 9.02. The first-order chi connectivity index (χ1) is 15.2. The lowest BCUT2D eigenvalue weighted by Gasteiger charge is -2.17. The van der Waals surface area contributed by atoms with E-state index < -0.39 is 0 Å². The quantitative estimate of drug-likeness (QED) is 0.241. The molecule has 0 fully saturated rings. The van der Waals surface area contributed by atoms with E-state index in [0.717, 1.165) is 37.2 Å². The number of benzene rings is 2. The molecule has 0 aromatic heterocycles. The van der Waals surface area contributed by atoms with Gasteiger partial charge in [-0.25, -0.2) is 0 Å². The van der Waals surface area contributed by atoms with E-state index in [4.69, 9.17) is 9.05 Å². The van der Waals surface area contributed by atoms with Crippen molar-refractivity contribution in [2.45, 2.75) is 105 Å². The van der Waals surface area contributed by atoms with Crippen molar-refractivity contribution in [3.05, 3.63) is 58.7 Å². The molecule has 0 N–H and O–H groups in total. The fraction of sp³-hybridized carbons (Fsp3) is 0.571. The SMILES string of the molecule is CCCCc1cccc(OPOc2cccc(CCCC)c2CCCC)c1CCCC. The molecule has 0 heterocycles. The van der Waals surface area contributed by atoms with Crippen LogP contribution in [0.25, 0.3) is 0 Å². The van der Waals surface area contributed by atoms with Crippen LogP contribution in [0.1, 0.15) is 101 Å². The molecule has 0 aliphatic rings. The first kappa shape index (κ1) is 25.7. The minimum Gasteiger partial charge on any atom is -0.440 e. The molecule has 2 nitrogen and oxygen atoms in total. The maximum absolute atomic E-state index is 6.24. The van der Waals surface area contributed by atoms with Gasteiger partial charge in [-0.1, -0.05) is 77.6 Å². The zero-order valence-corrected chi connectivity index (χ0v) is 21.3. The summed E-state index contributed by atoms with van der Waals surface area (Å²) >= 11 is 0. The van der Waals surface area contributed by atoms with E-state index >= 15 is 0 Å². The van der Waals surface area contributed by atoms with Gasteiger partial charge in [0.05, 0.1) is 0 Å². The van der Waals surface area contributed by atoms with Gasteiger partial charge in [0.15, 0.2) is 0 Å². The lowest BCUT2D eigenvalue weighted by Crippen LogP contribution is -2.00. The van der Waals surface area contributed by atoms with Gasteiger partial charge in [-0.2, -0.15) is 0 Å². The van der Waals surface area contributed by atoms with Crippen LogP contribution in [-0.4, -0.2) is 0 Å². The summed E-state index contributed by atoms with van der Waals surface area (Å²) in [5, 5.41) is 0. The predicted octanol–water partition coefficient (Wildman–Crippen LogP) is 9.02. The van der Waals surface area contributed by atoms with Gasteiger partial charge in [0.25, 0.3) is 9.03 Å². The molecule has 0 aliphatic carbocycles. The van der Waals surface area contributed by atoms with E-state index in [0.29, 0.717) is 0 Å². The zero-order valence-electron chi connectivity index (χ0n) is 20.3. The minimum atomic E-state index is -0.0125. The molecule has 31 heavy (non-hydrogen) atoms. The molecule has 0 amide bonds. The third kappa shape index (κ3) is 8.49. The van der Waals surface area contributed by atoms with E-state index in [-0.39, 0.29) is 9.03 Å². The van der Waals surface area contributed by atoms with Gasteiger partial charge in [-0.15, -0.1) is 0 Å². The Morgan fingerprint density at radius 1 is 0.548 bits per heavy atom. The highest BCUT2D eigenvalue weighted by Gasteiger charge is 2.12. The summed E-state index contributed by atoms with van der Waals surface area (Å²) < 4.78 is 12.5. The topological polar surface area (TPSA) is 18.5 Å². The molecular formula is C28H43O2P. The second-order valence-corrected chi connectivity index (χ2v) is 9.06. The van der Waals surface area contributed by atoms with Crippen molar-refractivity contribution in [2.75, 3.05) is 0 Å². The number of hydrogen-bond donors (Lipinski definition) is 0. The zero-order chi connectivity index (χ0) is 22.3. The van der Waals surface area contributed by atoms with Crippen LogP contribution in [0.3, 0.4) is 0 Å². The molecular weight excluding hydrogens is 399 g/mol. The molecule has 0 unspecified atom stereocenters. The minimum absolute atomic E-state index is 0.0125. The predicted molar refractivity (Wildman–Crippen MR) is 137 cm³/mol. The lowest BCUT2D eigenvalue weighted by atomic mass is 9.97. The van der Waals surface area contributed by atoms with Gasteiger partial charge in [0, 0.05) is 0 Å². The Morgan fingerprint density at radius 3 is 1.32 bits per heavy atom. The molecule has 0 spiro atoms. The van der Waals surface area contributed by atoms with Gasteiger partial charge in [-0.05, 0) is 85.8 Å². The van der Waals surface area contributed by atoms with E-state index in [2.05, 4.69) is 64.1 Å². The van der Waals surface area contributed by atoms with E-state index in [1.807, 2.05) is 0 Å². The molecule has 2 rings (SSSR count). The van der Waals surface area contributed by atoms with E-state index in [9.17, 15) is 0 Å². The number of hydrogen-bond acceptors (Lipinski definition) is 2. The Labute approximate surface area is 193 Å². The largest absolute Gasteiger partial charge is 0.440 e. The summed E-state index contributed by atoms with van der Waals surface area (Å²) in [6.07, 6.45) is 14.1. The molecule has 2 aromatic rings. The van der Waals surface area contributed by atoms with Crippen molar-refractivity contribution in [1.29, 1.82) is 0 Å². The molecule has 3 heteroatoms. The van der Waals surface area contributed by atoms with Gasteiger partial charge in [0.1, 0.15) is 11.5 Å². The Bertz CT molecular complexity index is 693. The highest BCUT2D eigenvalue weighted by atomic mass is 31.1. The summed E-state index contributed by atoms with van der Waals surface area (Å²) in [6, 6.07) is 13.1. The maximum Gasteiger partial charge on any atom is 0.275 e. The molecule has 0 bridgehead atoms. The molecule has 2 aromatic carbocycles. The van der Waals surface area contributed by atoms with E-state index in [1.165, 1.54) is 73.6 Å². The van der Waals surface area contributed by atoms with Crippen LogP contribution < -0.4 is 9.05 Å². The summed E-state index contributed by atoms with van der Waals surface area (Å²) in [4.78, 5) is 0. The van der Waals surface area contributed by atoms with Gasteiger partial charge in [0.2, 0.25) is 0 Å². The van der Waals surface area contributed by atoms with E-state index in [1.54, 1.807) is 0 Å². The highest BCUT2D eigenvalue weighted by Crippen LogP contribution is 2.34. The molecule has 0 saturated heterocycles. The van der Waals surface area contributed by atoms with Crippen LogP contribution in [-0.2, 0) is 25.7 Å². The van der Waals surface area contributed by atoms with Crippen LogP contribution in [0, 0.1) is 0 Å². The van der Waals surface area contributed by atoms with Crippen LogP contribution in [0.15, 0.2) is 36.4 Å². The Kier molecular flexibility index (Phi) is 12.7. The van der Waals surface area contributed by atoms with Crippen molar-refractivity contribution >= 4 is 9.03 Å². The Balaban J connectivity index is 2.13. The lowest BCUT2D eigenvalue weighted by molar-refractivity contribution is 0.504.